The molecule has 20 heavy (non-hydrogen) atoms. The molecular weight excluding hydrogens is 260 g/mol. The molecule has 0 bridgehead atoms. The first-order chi connectivity index (χ1) is 9.65. The molecule has 1 unspecified atom stereocenters. The van der Waals surface area contributed by atoms with E-state index in [0.29, 0.717) is 11.1 Å². The minimum atomic E-state index is -2.53. The molecule has 0 amide bonds. The normalized spacial score (nSPS) is 13.0. The minimum absolute atomic E-state index is 0.0794. The molecule has 2 N–H and O–H groups in total. The number of hydrogen-bond donors (Lipinski definition) is 2. The third-order valence-corrected chi connectivity index (χ3v) is 3.37. The van der Waals surface area contributed by atoms with E-state index in [1.807, 2.05) is 24.4 Å². The fourth-order valence-corrected chi connectivity index (χ4v) is 2.30. The van der Waals surface area contributed by atoms with Crippen molar-refractivity contribution < 1.29 is 13.9 Å². The number of halogens is 2. The van der Waals surface area contributed by atoms with Crippen LogP contribution in [0.5, 0.6) is 0 Å². The highest BCUT2D eigenvalue weighted by atomic mass is 19.3. The van der Waals surface area contributed by atoms with Gasteiger partial charge in [-0.25, -0.2) is 8.78 Å². The number of aromatic nitrogens is 1. The van der Waals surface area contributed by atoms with Gasteiger partial charge in [0.05, 0.1) is 0 Å². The molecule has 4 heteroatoms. The third-order valence-electron chi connectivity index (χ3n) is 3.37. The fraction of sp³-hybridized carbons (Fsp3) is 0.125. The van der Waals surface area contributed by atoms with Gasteiger partial charge in [0.1, 0.15) is 6.10 Å². The summed E-state index contributed by atoms with van der Waals surface area (Å²) in [6, 6.07) is 13.3. The Bertz CT molecular complexity index is 736. The van der Waals surface area contributed by atoms with Gasteiger partial charge >= 0.3 is 0 Å². The van der Waals surface area contributed by atoms with Gasteiger partial charge in [-0.15, -0.1) is 0 Å². The fourth-order valence-electron chi connectivity index (χ4n) is 2.30. The number of fused-ring (bicyclic) bond motifs is 1. The first kappa shape index (κ1) is 12.8. The number of rotatable bonds is 3. The van der Waals surface area contributed by atoms with Gasteiger partial charge in [-0.3, -0.25) is 0 Å². The zero-order valence-electron chi connectivity index (χ0n) is 10.6. The Kier molecular flexibility index (Phi) is 3.24. The molecule has 0 radical (unpaired) electrons. The van der Waals surface area contributed by atoms with Crippen molar-refractivity contribution in [1.29, 1.82) is 0 Å². The SMILES string of the molecule is OC(c1cccc(C(F)F)c1)c1ccc2[nH]ccc2c1. The van der Waals surface area contributed by atoms with Crippen molar-refractivity contribution in [3.05, 3.63) is 71.4 Å². The number of aliphatic hydroxyl groups excluding tert-OH is 1. The number of nitrogens with one attached hydrogen (secondary N) is 1. The van der Waals surface area contributed by atoms with Crippen LogP contribution in [-0.4, -0.2) is 10.1 Å². The average Bonchev–Trinajstić information content (AvgIpc) is 2.94. The van der Waals surface area contributed by atoms with E-state index in [9.17, 15) is 13.9 Å². The lowest BCUT2D eigenvalue weighted by atomic mass is 9.99. The first-order valence-corrected chi connectivity index (χ1v) is 6.28. The Morgan fingerprint density at radius 1 is 0.900 bits per heavy atom. The summed E-state index contributed by atoms with van der Waals surface area (Å²) in [6.07, 6.45) is -1.62. The lowest BCUT2D eigenvalue weighted by Crippen LogP contribution is -2.00. The zero-order chi connectivity index (χ0) is 14.1. The largest absolute Gasteiger partial charge is 0.384 e. The summed E-state index contributed by atoms with van der Waals surface area (Å²) >= 11 is 0. The van der Waals surface area contributed by atoms with Crippen LogP contribution in [0.2, 0.25) is 0 Å². The molecule has 0 saturated heterocycles. The second-order valence-electron chi connectivity index (χ2n) is 4.70. The average molecular weight is 273 g/mol. The van der Waals surface area contributed by atoms with E-state index in [-0.39, 0.29) is 5.56 Å². The number of hydrogen-bond acceptors (Lipinski definition) is 1. The lowest BCUT2D eigenvalue weighted by Gasteiger charge is -2.13. The van der Waals surface area contributed by atoms with E-state index in [1.165, 1.54) is 18.2 Å². The molecule has 3 aromatic rings. The van der Waals surface area contributed by atoms with Gasteiger partial charge in [0, 0.05) is 17.3 Å². The maximum Gasteiger partial charge on any atom is 0.263 e. The molecule has 0 aliphatic carbocycles. The van der Waals surface area contributed by atoms with E-state index < -0.39 is 12.5 Å². The van der Waals surface area contributed by atoms with Gasteiger partial charge in [0.15, 0.2) is 0 Å². The van der Waals surface area contributed by atoms with E-state index in [2.05, 4.69) is 4.98 Å². The van der Waals surface area contributed by atoms with Gasteiger partial charge in [-0.1, -0.05) is 24.3 Å². The van der Waals surface area contributed by atoms with Crippen molar-refractivity contribution in [1.82, 2.24) is 4.98 Å². The number of H-pyrrole nitrogens is 1. The van der Waals surface area contributed by atoms with E-state index in [1.54, 1.807) is 12.1 Å². The summed E-state index contributed by atoms with van der Waals surface area (Å²) in [4.78, 5) is 3.07. The van der Waals surface area contributed by atoms with Crippen LogP contribution in [0.15, 0.2) is 54.7 Å². The maximum absolute atomic E-state index is 12.7. The second-order valence-corrected chi connectivity index (χ2v) is 4.70. The molecule has 0 spiro atoms. The van der Waals surface area contributed by atoms with Crippen molar-refractivity contribution in [2.45, 2.75) is 12.5 Å². The van der Waals surface area contributed by atoms with Crippen molar-refractivity contribution in [2.24, 2.45) is 0 Å². The first-order valence-electron chi connectivity index (χ1n) is 6.28. The molecule has 0 aliphatic heterocycles. The van der Waals surface area contributed by atoms with Crippen molar-refractivity contribution in [2.75, 3.05) is 0 Å². The predicted molar refractivity (Wildman–Crippen MR) is 73.8 cm³/mol. The monoisotopic (exact) mass is 273 g/mol. The van der Waals surface area contributed by atoms with Gasteiger partial charge in [-0.05, 0) is 40.8 Å². The molecule has 3 rings (SSSR count). The maximum atomic E-state index is 12.7. The predicted octanol–water partition coefficient (Wildman–Crippen LogP) is 4.19. The molecule has 0 saturated carbocycles. The van der Waals surface area contributed by atoms with Crippen LogP contribution in [0.1, 0.15) is 29.2 Å². The standard InChI is InChI=1S/C16H13F2NO/c17-16(18)13-3-1-2-11(9-13)15(20)12-4-5-14-10(8-12)6-7-19-14/h1-9,15-16,19-20H. The Morgan fingerprint density at radius 3 is 2.45 bits per heavy atom. The van der Waals surface area contributed by atoms with Gasteiger partial charge in [0.25, 0.3) is 6.43 Å². The van der Waals surface area contributed by atoms with Crippen LogP contribution in [-0.2, 0) is 0 Å². The van der Waals surface area contributed by atoms with Crippen LogP contribution in [0.3, 0.4) is 0 Å². The lowest BCUT2D eigenvalue weighted by molar-refractivity contribution is 0.150. The molecule has 2 aromatic carbocycles. The summed E-state index contributed by atoms with van der Waals surface area (Å²) in [5, 5.41) is 11.3. The molecule has 1 heterocycles. The molecule has 1 aromatic heterocycles. The Hall–Kier alpha value is -2.20. The number of aromatic amines is 1. The highest BCUT2D eigenvalue weighted by molar-refractivity contribution is 5.80. The van der Waals surface area contributed by atoms with E-state index in [0.717, 1.165) is 10.9 Å². The topological polar surface area (TPSA) is 36.0 Å². The quantitative estimate of drug-likeness (QED) is 0.737. The molecule has 102 valence electrons. The second kappa shape index (κ2) is 5.06. The highest BCUT2D eigenvalue weighted by Gasteiger charge is 2.14. The molecule has 0 aliphatic rings. The number of alkyl halides is 2. The Labute approximate surface area is 114 Å². The Morgan fingerprint density at radius 2 is 1.65 bits per heavy atom. The van der Waals surface area contributed by atoms with Crippen molar-refractivity contribution in [3.63, 3.8) is 0 Å². The molecule has 2 nitrogen and oxygen atoms in total. The minimum Gasteiger partial charge on any atom is -0.384 e. The molecule has 1 atom stereocenters. The summed E-state index contributed by atoms with van der Waals surface area (Å²) in [5.74, 6) is 0. The van der Waals surface area contributed by atoms with Crippen LogP contribution < -0.4 is 0 Å². The summed E-state index contributed by atoms with van der Waals surface area (Å²) in [7, 11) is 0. The van der Waals surface area contributed by atoms with E-state index in [4.69, 9.17) is 0 Å². The summed E-state index contributed by atoms with van der Waals surface area (Å²) in [5.41, 5.74) is 2.05. The van der Waals surface area contributed by atoms with Crippen LogP contribution in [0, 0.1) is 0 Å². The molecule has 0 fully saturated rings. The van der Waals surface area contributed by atoms with Crippen molar-refractivity contribution in [3.8, 4) is 0 Å². The van der Waals surface area contributed by atoms with E-state index >= 15 is 0 Å². The smallest absolute Gasteiger partial charge is 0.263 e. The zero-order valence-corrected chi connectivity index (χ0v) is 10.6. The Balaban J connectivity index is 1.98. The third kappa shape index (κ3) is 2.30. The number of aliphatic hydroxyl groups is 1. The van der Waals surface area contributed by atoms with Gasteiger partial charge < -0.3 is 10.1 Å². The molecular formula is C16H13F2NO. The summed E-state index contributed by atoms with van der Waals surface area (Å²) < 4.78 is 25.4. The van der Waals surface area contributed by atoms with Crippen LogP contribution >= 0.6 is 0 Å². The highest BCUT2D eigenvalue weighted by Crippen LogP contribution is 2.28. The number of benzene rings is 2. The van der Waals surface area contributed by atoms with Crippen LogP contribution in [0.25, 0.3) is 10.9 Å². The summed E-state index contributed by atoms with van der Waals surface area (Å²) in [6.45, 7) is 0. The van der Waals surface area contributed by atoms with Gasteiger partial charge in [-0.2, -0.15) is 0 Å². The van der Waals surface area contributed by atoms with Crippen molar-refractivity contribution >= 4 is 10.9 Å². The van der Waals surface area contributed by atoms with Crippen LogP contribution in [0.4, 0.5) is 8.78 Å². The van der Waals surface area contributed by atoms with Gasteiger partial charge in [0.2, 0.25) is 0 Å².